The fraction of sp³-hybridized carbons (Fsp3) is 0.500. The van der Waals surface area contributed by atoms with E-state index in [4.69, 9.17) is 4.74 Å². The number of amides is 1. The van der Waals surface area contributed by atoms with Crippen LogP contribution in [0, 0.1) is 12.8 Å². The number of carbonyl (C=O) groups is 2. The number of carbonyl (C=O) groups excluding carboxylic acids is 2. The summed E-state index contributed by atoms with van der Waals surface area (Å²) < 4.78 is 5.01. The van der Waals surface area contributed by atoms with Gasteiger partial charge < -0.3 is 15.4 Å². The average molecular weight is 327 g/mol. The number of aryl methyl sites for hydroxylation is 1. The maximum Gasteiger partial charge on any atom is 0.308 e. The van der Waals surface area contributed by atoms with Crippen molar-refractivity contribution in [3.05, 3.63) is 35.4 Å². The fourth-order valence-electron chi connectivity index (χ4n) is 2.37. The molecular weight excluding hydrogens is 304 g/mol. The highest BCUT2D eigenvalue weighted by Crippen LogP contribution is 2.22. The Bertz CT molecular complexity index is 518. The van der Waals surface area contributed by atoms with Crippen LogP contribution in [0.5, 0.6) is 0 Å². The van der Waals surface area contributed by atoms with Gasteiger partial charge in [-0.2, -0.15) is 0 Å². The smallest absolute Gasteiger partial charge is 0.308 e. The molecule has 0 radical (unpaired) electrons. The van der Waals surface area contributed by atoms with Crippen molar-refractivity contribution in [1.29, 1.82) is 0 Å². The summed E-state index contributed by atoms with van der Waals surface area (Å²) in [7, 11) is 0. The Morgan fingerprint density at radius 1 is 1.36 bits per heavy atom. The number of hydrogen-bond acceptors (Lipinski definition) is 4. The van der Waals surface area contributed by atoms with Crippen molar-refractivity contribution in [1.82, 2.24) is 10.6 Å². The molecule has 22 heavy (non-hydrogen) atoms. The van der Waals surface area contributed by atoms with Gasteiger partial charge in [-0.05, 0) is 25.0 Å². The highest BCUT2D eigenvalue weighted by molar-refractivity contribution is 5.85. The third kappa shape index (κ3) is 4.71. The van der Waals surface area contributed by atoms with Gasteiger partial charge in [0, 0.05) is 13.1 Å². The summed E-state index contributed by atoms with van der Waals surface area (Å²) in [6.07, 6.45) is 0.157. The summed E-state index contributed by atoms with van der Waals surface area (Å²) in [6, 6.07) is 7.44. The van der Waals surface area contributed by atoms with Crippen molar-refractivity contribution in [2.24, 2.45) is 5.92 Å². The molecule has 6 heteroatoms. The molecule has 1 aromatic carbocycles. The van der Waals surface area contributed by atoms with Gasteiger partial charge in [0.25, 0.3) is 0 Å². The zero-order valence-corrected chi connectivity index (χ0v) is 13.7. The molecule has 1 aliphatic heterocycles. The van der Waals surface area contributed by atoms with E-state index in [1.807, 2.05) is 31.2 Å². The lowest BCUT2D eigenvalue weighted by atomic mass is 9.96. The number of benzene rings is 1. The quantitative estimate of drug-likeness (QED) is 0.782. The zero-order valence-electron chi connectivity index (χ0n) is 12.9. The molecule has 2 rings (SSSR count). The van der Waals surface area contributed by atoms with Gasteiger partial charge in [0.05, 0.1) is 25.0 Å². The first-order chi connectivity index (χ1) is 10.1. The number of hydrogen-bond donors (Lipinski definition) is 2. The van der Waals surface area contributed by atoms with Crippen molar-refractivity contribution in [3.63, 3.8) is 0 Å². The molecule has 0 aliphatic carbocycles. The van der Waals surface area contributed by atoms with E-state index < -0.39 is 0 Å². The normalized spacial score (nSPS) is 15.2. The van der Waals surface area contributed by atoms with Crippen LogP contribution in [0.3, 0.4) is 0 Å². The Balaban J connectivity index is 0.00000242. The summed E-state index contributed by atoms with van der Waals surface area (Å²) in [5.41, 5.74) is 2.02. The Morgan fingerprint density at radius 2 is 2.05 bits per heavy atom. The molecule has 1 amide bonds. The Labute approximate surface area is 137 Å². The van der Waals surface area contributed by atoms with Gasteiger partial charge in [-0.25, -0.2) is 0 Å². The van der Waals surface area contributed by atoms with E-state index in [1.54, 1.807) is 6.92 Å². The minimum atomic E-state index is -0.335. The van der Waals surface area contributed by atoms with Gasteiger partial charge in [-0.15, -0.1) is 12.4 Å². The second kappa shape index (κ2) is 8.76. The van der Waals surface area contributed by atoms with Crippen molar-refractivity contribution >= 4 is 24.3 Å². The Hall–Kier alpha value is -1.59. The molecule has 1 unspecified atom stereocenters. The van der Waals surface area contributed by atoms with E-state index in [0.717, 1.165) is 11.1 Å². The van der Waals surface area contributed by atoms with Gasteiger partial charge >= 0.3 is 5.97 Å². The van der Waals surface area contributed by atoms with Crippen LogP contribution in [0.1, 0.15) is 30.5 Å². The third-order valence-electron chi connectivity index (χ3n) is 3.71. The van der Waals surface area contributed by atoms with Crippen molar-refractivity contribution in [2.75, 3.05) is 19.7 Å². The molecular formula is C16H23ClN2O3. The van der Waals surface area contributed by atoms with Crippen molar-refractivity contribution in [3.8, 4) is 0 Å². The first-order valence-corrected chi connectivity index (χ1v) is 7.34. The van der Waals surface area contributed by atoms with Gasteiger partial charge in [-0.1, -0.05) is 24.3 Å². The van der Waals surface area contributed by atoms with Crippen LogP contribution in [0.4, 0.5) is 0 Å². The van der Waals surface area contributed by atoms with E-state index >= 15 is 0 Å². The maximum atomic E-state index is 12.2. The maximum absolute atomic E-state index is 12.2. The summed E-state index contributed by atoms with van der Waals surface area (Å²) in [4.78, 5) is 23.9. The molecule has 0 spiro atoms. The second-order valence-corrected chi connectivity index (χ2v) is 5.28. The van der Waals surface area contributed by atoms with E-state index in [1.165, 1.54) is 0 Å². The van der Waals surface area contributed by atoms with Crippen LogP contribution >= 0.6 is 12.4 Å². The predicted molar refractivity (Wildman–Crippen MR) is 86.9 cm³/mol. The fourth-order valence-corrected chi connectivity index (χ4v) is 2.37. The molecule has 122 valence electrons. The molecule has 1 aromatic rings. The summed E-state index contributed by atoms with van der Waals surface area (Å²) in [5, 5.41) is 6.06. The molecule has 1 aliphatic rings. The Kier molecular flexibility index (Phi) is 7.35. The van der Waals surface area contributed by atoms with Crippen LogP contribution in [-0.4, -0.2) is 31.6 Å². The molecule has 1 heterocycles. The lowest BCUT2D eigenvalue weighted by Crippen LogP contribution is -2.51. The second-order valence-electron chi connectivity index (χ2n) is 5.28. The van der Waals surface area contributed by atoms with Gasteiger partial charge in [0.15, 0.2) is 0 Å². The number of ether oxygens (including phenoxy) is 1. The van der Waals surface area contributed by atoms with Crippen LogP contribution in [0.15, 0.2) is 24.3 Å². The van der Waals surface area contributed by atoms with E-state index in [-0.39, 0.29) is 42.7 Å². The van der Waals surface area contributed by atoms with Crippen LogP contribution in [0.25, 0.3) is 0 Å². The van der Waals surface area contributed by atoms with Crippen molar-refractivity contribution < 1.29 is 14.3 Å². The highest BCUT2D eigenvalue weighted by atomic mass is 35.5. The number of rotatable bonds is 6. The summed E-state index contributed by atoms with van der Waals surface area (Å²) in [6.45, 7) is 5.50. The van der Waals surface area contributed by atoms with Crippen LogP contribution in [0.2, 0.25) is 0 Å². The molecule has 2 N–H and O–H groups in total. The SMILES string of the molecule is CCOC(=O)CC(NC(=O)C1CNC1)c1ccccc1C.Cl. The first-order valence-electron chi connectivity index (χ1n) is 7.34. The van der Waals surface area contributed by atoms with Crippen LogP contribution in [-0.2, 0) is 14.3 Å². The molecule has 1 atom stereocenters. The molecule has 0 bridgehead atoms. The molecule has 1 saturated heterocycles. The molecule has 0 aromatic heterocycles. The van der Waals surface area contributed by atoms with E-state index in [9.17, 15) is 9.59 Å². The largest absolute Gasteiger partial charge is 0.466 e. The lowest BCUT2D eigenvalue weighted by molar-refractivity contribution is -0.144. The van der Waals surface area contributed by atoms with Gasteiger partial charge in [0.1, 0.15) is 0 Å². The lowest BCUT2D eigenvalue weighted by Gasteiger charge is -2.29. The minimum Gasteiger partial charge on any atom is -0.466 e. The summed E-state index contributed by atoms with van der Waals surface area (Å²) in [5.74, 6) is -0.303. The van der Waals surface area contributed by atoms with E-state index in [0.29, 0.717) is 19.7 Å². The third-order valence-corrected chi connectivity index (χ3v) is 3.71. The topological polar surface area (TPSA) is 67.4 Å². The minimum absolute atomic E-state index is 0. The first kappa shape index (κ1) is 18.5. The Morgan fingerprint density at radius 3 is 2.59 bits per heavy atom. The molecule has 5 nitrogen and oxygen atoms in total. The van der Waals surface area contributed by atoms with Crippen LogP contribution < -0.4 is 10.6 Å². The average Bonchev–Trinajstić information content (AvgIpc) is 2.36. The van der Waals surface area contributed by atoms with Crippen molar-refractivity contribution in [2.45, 2.75) is 26.3 Å². The van der Waals surface area contributed by atoms with Gasteiger partial charge in [-0.3, -0.25) is 9.59 Å². The van der Waals surface area contributed by atoms with E-state index in [2.05, 4.69) is 10.6 Å². The monoisotopic (exact) mass is 326 g/mol. The summed E-state index contributed by atoms with van der Waals surface area (Å²) >= 11 is 0. The number of nitrogens with one attached hydrogen (secondary N) is 2. The standard InChI is InChI=1S/C16H22N2O3.ClH/c1-3-21-15(19)8-14(13-7-5-4-6-11(13)2)18-16(20)12-9-17-10-12;/h4-7,12,14,17H,3,8-10H2,1-2H3,(H,18,20);1H. The molecule has 1 fully saturated rings. The zero-order chi connectivity index (χ0) is 15.2. The van der Waals surface area contributed by atoms with Gasteiger partial charge in [0.2, 0.25) is 5.91 Å². The number of esters is 1. The predicted octanol–water partition coefficient (Wildman–Crippen LogP) is 1.75. The number of halogens is 1. The highest BCUT2D eigenvalue weighted by Gasteiger charge is 2.28. The molecule has 0 saturated carbocycles.